The van der Waals surface area contributed by atoms with E-state index in [9.17, 15) is 9.59 Å². The Hall–Kier alpha value is -2.36. The highest BCUT2D eigenvalue weighted by Gasteiger charge is 2.22. The summed E-state index contributed by atoms with van der Waals surface area (Å²) in [6.45, 7) is 0. The summed E-state index contributed by atoms with van der Waals surface area (Å²) in [5.74, 6) is -3.06. The number of carboxylic acids is 2. The molecular weight excluding hydrogens is 244 g/mol. The molecule has 2 rings (SSSR count). The minimum Gasteiger partial charge on any atom is -0.481 e. The molecule has 0 unspecified atom stereocenters. The minimum absolute atomic E-state index is 0.225. The zero-order chi connectivity index (χ0) is 13.8. The van der Waals surface area contributed by atoms with Gasteiger partial charge >= 0.3 is 11.9 Å². The second-order valence-corrected chi connectivity index (χ2v) is 4.48. The van der Waals surface area contributed by atoms with Crippen molar-refractivity contribution in [3.63, 3.8) is 0 Å². The Morgan fingerprint density at radius 2 is 1.68 bits per heavy atom. The summed E-state index contributed by atoms with van der Waals surface area (Å²) < 4.78 is 0. The molecule has 2 N–H and O–H groups in total. The van der Waals surface area contributed by atoms with Gasteiger partial charge in [0.2, 0.25) is 0 Å². The molecule has 0 amide bonds. The summed E-state index contributed by atoms with van der Waals surface area (Å²) in [4.78, 5) is 21.8. The van der Waals surface area contributed by atoms with Crippen molar-refractivity contribution in [3.05, 3.63) is 48.0 Å². The molecule has 2 aromatic rings. The van der Waals surface area contributed by atoms with Gasteiger partial charge in [0.25, 0.3) is 0 Å². The van der Waals surface area contributed by atoms with Crippen LogP contribution in [0.2, 0.25) is 0 Å². The molecule has 0 aliphatic heterocycles. The van der Waals surface area contributed by atoms with Crippen LogP contribution in [0, 0.1) is 5.92 Å². The highest BCUT2D eigenvalue weighted by Crippen LogP contribution is 2.22. The fraction of sp³-hybridized carbons (Fsp3) is 0.200. The topological polar surface area (TPSA) is 74.6 Å². The second kappa shape index (κ2) is 5.52. The highest BCUT2D eigenvalue weighted by atomic mass is 16.4. The third-order valence-electron chi connectivity index (χ3n) is 3.12. The van der Waals surface area contributed by atoms with Crippen molar-refractivity contribution in [1.29, 1.82) is 0 Å². The zero-order valence-electron chi connectivity index (χ0n) is 10.2. The van der Waals surface area contributed by atoms with Gasteiger partial charge in [-0.2, -0.15) is 0 Å². The number of carbonyl (C=O) groups is 2. The van der Waals surface area contributed by atoms with E-state index in [2.05, 4.69) is 0 Å². The van der Waals surface area contributed by atoms with E-state index in [-0.39, 0.29) is 12.8 Å². The average Bonchev–Trinajstić information content (AvgIpc) is 2.37. The Kier molecular flexibility index (Phi) is 3.80. The molecule has 0 spiro atoms. The number of rotatable bonds is 5. The summed E-state index contributed by atoms with van der Waals surface area (Å²) in [7, 11) is 0. The summed E-state index contributed by atoms with van der Waals surface area (Å²) >= 11 is 0. The lowest BCUT2D eigenvalue weighted by Gasteiger charge is -2.12. The molecule has 0 aliphatic carbocycles. The maximum atomic E-state index is 11.1. The van der Waals surface area contributed by atoms with E-state index in [1.807, 2.05) is 42.5 Å². The first-order valence-electron chi connectivity index (χ1n) is 5.99. The van der Waals surface area contributed by atoms with Crippen LogP contribution in [-0.4, -0.2) is 22.2 Å². The Morgan fingerprint density at radius 3 is 2.37 bits per heavy atom. The molecule has 0 aromatic heterocycles. The predicted molar refractivity (Wildman–Crippen MR) is 71.0 cm³/mol. The maximum Gasteiger partial charge on any atom is 0.307 e. The van der Waals surface area contributed by atoms with Crippen molar-refractivity contribution in [2.45, 2.75) is 12.8 Å². The molecule has 0 saturated carbocycles. The van der Waals surface area contributed by atoms with Crippen molar-refractivity contribution < 1.29 is 19.8 Å². The number of aliphatic carboxylic acids is 2. The van der Waals surface area contributed by atoms with Crippen LogP contribution in [0.15, 0.2) is 42.5 Å². The Balaban J connectivity index is 2.33. The quantitative estimate of drug-likeness (QED) is 0.864. The van der Waals surface area contributed by atoms with Gasteiger partial charge < -0.3 is 10.2 Å². The van der Waals surface area contributed by atoms with Gasteiger partial charge in [0.15, 0.2) is 0 Å². The second-order valence-electron chi connectivity index (χ2n) is 4.48. The van der Waals surface area contributed by atoms with E-state index in [0.29, 0.717) is 0 Å². The predicted octanol–water partition coefficient (Wildman–Crippen LogP) is 2.56. The maximum absolute atomic E-state index is 11.1. The van der Waals surface area contributed by atoms with Gasteiger partial charge in [-0.05, 0) is 22.8 Å². The third kappa shape index (κ3) is 3.10. The third-order valence-corrected chi connectivity index (χ3v) is 3.12. The molecule has 0 bridgehead atoms. The normalized spacial score (nSPS) is 12.2. The van der Waals surface area contributed by atoms with Crippen LogP contribution >= 0.6 is 0 Å². The van der Waals surface area contributed by atoms with E-state index in [1.54, 1.807) is 0 Å². The first-order chi connectivity index (χ1) is 9.08. The smallest absolute Gasteiger partial charge is 0.307 e. The van der Waals surface area contributed by atoms with Gasteiger partial charge in [0.05, 0.1) is 12.3 Å². The molecule has 4 nitrogen and oxygen atoms in total. The molecule has 0 radical (unpaired) electrons. The van der Waals surface area contributed by atoms with Crippen molar-refractivity contribution >= 4 is 22.7 Å². The lowest BCUT2D eigenvalue weighted by Crippen LogP contribution is -2.20. The van der Waals surface area contributed by atoms with Crippen molar-refractivity contribution in [2.75, 3.05) is 0 Å². The molecule has 1 atom stereocenters. The Bertz CT molecular complexity index is 613. The summed E-state index contributed by atoms with van der Waals surface area (Å²) in [5.41, 5.74) is 0.867. The van der Waals surface area contributed by atoms with Gasteiger partial charge in [-0.3, -0.25) is 9.59 Å². The van der Waals surface area contributed by atoms with Gasteiger partial charge in [0.1, 0.15) is 0 Å². The molecule has 0 saturated heterocycles. The van der Waals surface area contributed by atoms with Crippen LogP contribution in [-0.2, 0) is 16.0 Å². The van der Waals surface area contributed by atoms with Crippen LogP contribution in [0.25, 0.3) is 10.8 Å². The van der Waals surface area contributed by atoms with Crippen LogP contribution in [0.4, 0.5) is 0 Å². The lowest BCUT2D eigenvalue weighted by atomic mass is 9.93. The van der Waals surface area contributed by atoms with Crippen LogP contribution in [0.5, 0.6) is 0 Å². The molecule has 0 aliphatic rings. The first-order valence-corrected chi connectivity index (χ1v) is 5.99. The highest BCUT2D eigenvalue weighted by molar-refractivity contribution is 5.86. The van der Waals surface area contributed by atoms with E-state index in [1.165, 1.54) is 0 Å². The van der Waals surface area contributed by atoms with E-state index < -0.39 is 17.9 Å². The summed E-state index contributed by atoms with van der Waals surface area (Å²) in [6, 6.07) is 13.3. The SMILES string of the molecule is O=C(O)C[C@H](Cc1cccc2ccccc12)C(=O)O. The van der Waals surface area contributed by atoms with Gasteiger partial charge in [-0.25, -0.2) is 0 Å². The van der Waals surface area contributed by atoms with Crippen LogP contribution in [0.3, 0.4) is 0 Å². The van der Waals surface area contributed by atoms with E-state index >= 15 is 0 Å². The molecule has 19 heavy (non-hydrogen) atoms. The number of fused-ring (bicyclic) bond motifs is 1. The largest absolute Gasteiger partial charge is 0.481 e. The monoisotopic (exact) mass is 258 g/mol. The average molecular weight is 258 g/mol. The molecule has 0 heterocycles. The van der Waals surface area contributed by atoms with Crippen molar-refractivity contribution in [2.24, 2.45) is 5.92 Å². The molecule has 2 aromatic carbocycles. The van der Waals surface area contributed by atoms with E-state index in [0.717, 1.165) is 16.3 Å². The fourth-order valence-corrected chi connectivity index (χ4v) is 2.19. The number of benzene rings is 2. The Morgan fingerprint density at radius 1 is 1.00 bits per heavy atom. The number of hydrogen-bond acceptors (Lipinski definition) is 2. The molecule has 4 heteroatoms. The molecule has 98 valence electrons. The van der Waals surface area contributed by atoms with Crippen molar-refractivity contribution in [1.82, 2.24) is 0 Å². The molecule has 0 fully saturated rings. The standard InChI is InChI=1S/C15H14O4/c16-14(17)9-12(15(18)19)8-11-6-3-5-10-4-1-2-7-13(10)11/h1-7,12H,8-9H2,(H,16,17)(H,18,19)/t12-/m0/s1. The number of hydrogen-bond donors (Lipinski definition) is 2. The van der Waals surface area contributed by atoms with Crippen molar-refractivity contribution in [3.8, 4) is 0 Å². The van der Waals surface area contributed by atoms with E-state index in [4.69, 9.17) is 10.2 Å². The Labute approximate surface area is 110 Å². The zero-order valence-corrected chi connectivity index (χ0v) is 10.2. The van der Waals surface area contributed by atoms with Gasteiger partial charge in [-0.15, -0.1) is 0 Å². The number of carboxylic acid groups (broad SMARTS) is 2. The minimum atomic E-state index is -1.09. The van der Waals surface area contributed by atoms with Gasteiger partial charge in [-0.1, -0.05) is 42.5 Å². The molecular formula is C15H14O4. The first kappa shape index (κ1) is 13.1. The van der Waals surface area contributed by atoms with Gasteiger partial charge in [0, 0.05) is 0 Å². The summed E-state index contributed by atoms with van der Waals surface area (Å²) in [6.07, 6.45) is -0.137. The van der Waals surface area contributed by atoms with Crippen LogP contribution in [0.1, 0.15) is 12.0 Å². The van der Waals surface area contributed by atoms with Crippen LogP contribution < -0.4 is 0 Å². The fourth-order valence-electron chi connectivity index (χ4n) is 2.19. The lowest BCUT2D eigenvalue weighted by molar-refractivity contribution is -0.148. The summed E-state index contributed by atoms with van der Waals surface area (Å²) in [5, 5.41) is 19.9.